The third-order valence-corrected chi connectivity index (χ3v) is 4.72. The van der Waals surface area contributed by atoms with Crippen LogP contribution >= 0.6 is 11.3 Å². The molecule has 1 aromatic rings. The van der Waals surface area contributed by atoms with Gasteiger partial charge in [0.15, 0.2) is 0 Å². The monoisotopic (exact) mass is 267 g/mol. The highest BCUT2D eigenvalue weighted by Crippen LogP contribution is 2.33. The molecule has 1 fully saturated rings. The molecule has 0 bridgehead atoms. The van der Waals surface area contributed by atoms with Crippen molar-refractivity contribution in [2.45, 2.75) is 26.2 Å². The van der Waals surface area contributed by atoms with Crippen LogP contribution in [0, 0.1) is 5.92 Å². The van der Waals surface area contributed by atoms with Crippen LogP contribution in [0.4, 0.5) is 10.7 Å². The highest BCUT2D eigenvalue weighted by molar-refractivity contribution is 7.18. The number of anilines is 2. The number of nitrogen functional groups attached to an aromatic ring is 1. The first-order valence-corrected chi connectivity index (χ1v) is 7.29. The van der Waals surface area contributed by atoms with Crippen molar-refractivity contribution < 1.29 is 4.79 Å². The van der Waals surface area contributed by atoms with Gasteiger partial charge in [-0.3, -0.25) is 4.79 Å². The van der Waals surface area contributed by atoms with E-state index >= 15 is 0 Å². The second kappa shape index (κ2) is 5.61. The Morgan fingerprint density at radius 2 is 2.28 bits per heavy atom. The van der Waals surface area contributed by atoms with Gasteiger partial charge in [0.1, 0.15) is 4.88 Å². The van der Waals surface area contributed by atoms with Crippen LogP contribution in [0.1, 0.15) is 35.9 Å². The lowest BCUT2D eigenvalue weighted by molar-refractivity contribution is 0.0968. The summed E-state index contributed by atoms with van der Waals surface area (Å²) < 4.78 is 0. The van der Waals surface area contributed by atoms with Crippen molar-refractivity contribution in [1.82, 2.24) is 5.32 Å². The Morgan fingerprint density at radius 1 is 1.50 bits per heavy atom. The molecular formula is C13H21N3OS. The molecule has 1 atom stereocenters. The number of carbonyl (C=O) groups is 1. The normalized spacial score (nSPS) is 20.6. The average molecular weight is 267 g/mol. The van der Waals surface area contributed by atoms with Crippen molar-refractivity contribution in [1.29, 1.82) is 0 Å². The number of amides is 1. The summed E-state index contributed by atoms with van der Waals surface area (Å²) >= 11 is 1.50. The molecule has 1 aliphatic heterocycles. The number of hydrogen-bond acceptors (Lipinski definition) is 4. The minimum absolute atomic E-state index is 0.0908. The second-order valence-corrected chi connectivity index (χ2v) is 6.00. The fourth-order valence-electron chi connectivity index (χ4n) is 2.32. The van der Waals surface area contributed by atoms with Crippen molar-refractivity contribution in [2.24, 2.45) is 5.92 Å². The first-order chi connectivity index (χ1) is 8.61. The van der Waals surface area contributed by atoms with E-state index in [1.54, 1.807) is 7.05 Å². The molecule has 100 valence electrons. The van der Waals surface area contributed by atoms with Crippen LogP contribution in [0.25, 0.3) is 0 Å². The molecule has 2 heterocycles. The molecule has 5 heteroatoms. The third kappa shape index (κ3) is 2.77. The SMILES string of the molecule is CNC(=O)c1sc(N2CCCC(C)CC2)cc1N. The van der Waals surface area contributed by atoms with Crippen LogP contribution in [0.3, 0.4) is 0 Å². The van der Waals surface area contributed by atoms with Gasteiger partial charge in [-0.2, -0.15) is 0 Å². The van der Waals surface area contributed by atoms with Crippen LogP contribution in [0.15, 0.2) is 6.07 Å². The van der Waals surface area contributed by atoms with Gasteiger partial charge in [0.25, 0.3) is 5.91 Å². The van der Waals surface area contributed by atoms with Gasteiger partial charge >= 0.3 is 0 Å². The minimum Gasteiger partial charge on any atom is -0.397 e. The van der Waals surface area contributed by atoms with Gasteiger partial charge in [0, 0.05) is 20.1 Å². The molecule has 1 aromatic heterocycles. The van der Waals surface area contributed by atoms with E-state index in [1.807, 2.05) is 6.07 Å². The number of nitrogens with two attached hydrogens (primary N) is 1. The first-order valence-electron chi connectivity index (χ1n) is 6.48. The number of carbonyl (C=O) groups excluding carboxylic acids is 1. The lowest BCUT2D eigenvalue weighted by Crippen LogP contribution is -2.23. The molecular weight excluding hydrogens is 246 g/mol. The molecule has 0 spiro atoms. The zero-order chi connectivity index (χ0) is 13.1. The van der Waals surface area contributed by atoms with E-state index in [2.05, 4.69) is 17.1 Å². The first kappa shape index (κ1) is 13.2. The summed E-state index contributed by atoms with van der Waals surface area (Å²) in [7, 11) is 1.63. The molecule has 2 rings (SSSR count). The number of hydrogen-bond donors (Lipinski definition) is 2. The molecule has 0 saturated carbocycles. The van der Waals surface area contributed by atoms with Gasteiger partial charge in [-0.15, -0.1) is 11.3 Å². The van der Waals surface area contributed by atoms with Gasteiger partial charge in [-0.1, -0.05) is 6.92 Å². The van der Waals surface area contributed by atoms with E-state index in [4.69, 9.17) is 5.73 Å². The predicted molar refractivity (Wildman–Crippen MR) is 77.3 cm³/mol. The molecule has 0 radical (unpaired) electrons. The predicted octanol–water partition coefficient (Wildman–Crippen LogP) is 2.32. The highest BCUT2D eigenvalue weighted by atomic mass is 32.1. The van der Waals surface area contributed by atoms with Gasteiger partial charge < -0.3 is 16.0 Å². The van der Waals surface area contributed by atoms with Gasteiger partial charge in [0.2, 0.25) is 0 Å². The maximum absolute atomic E-state index is 11.7. The Kier molecular flexibility index (Phi) is 4.11. The average Bonchev–Trinajstić information content (AvgIpc) is 2.60. The Labute approximate surface area is 112 Å². The minimum atomic E-state index is -0.0908. The summed E-state index contributed by atoms with van der Waals surface area (Å²) in [5.74, 6) is 0.706. The van der Waals surface area contributed by atoms with Crippen molar-refractivity contribution in [3.8, 4) is 0 Å². The Bertz CT molecular complexity index is 430. The van der Waals surface area contributed by atoms with Gasteiger partial charge in [-0.25, -0.2) is 0 Å². The van der Waals surface area contributed by atoms with Gasteiger partial charge in [-0.05, 0) is 31.2 Å². The van der Waals surface area contributed by atoms with E-state index < -0.39 is 0 Å². The quantitative estimate of drug-likeness (QED) is 0.864. The molecule has 4 nitrogen and oxygen atoms in total. The third-order valence-electron chi connectivity index (χ3n) is 3.51. The number of nitrogens with zero attached hydrogens (tertiary/aromatic N) is 1. The summed E-state index contributed by atoms with van der Waals surface area (Å²) in [5, 5.41) is 3.76. The summed E-state index contributed by atoms with van der Waals surface area (Å²) in [6.45, 7) is 4.44. The van der Waals surface area contributed by atoms with Crippen LogP contribution in [0.2, 0.25) is 0 Å². The number of thiophene rings is 1. The van der Waals surface area contributed by atoms with Crippen molar-refractivity contribution in [2.75, 3.05) is 30.8 Å². The highest BCUT2D eigenvalue weighted by Gasteiger charge is 2.19. The molecule has 3 N–H and O–H groups in total. The molecule has 0 aromatic carbocycles. The zero-order valence-electron chi connectivity index (χ0n) is 11.0. The van der Waals surface area contributed by atoms with E-state index in [0.717, 1.165) is 24.0 Å². The van der Waals surface area contributed by atoms with Crippen molar-refractivity contribution >= 4 is 27.9 Å². The fraction of sp³-hybridized carbons (Fsp3) is 0.615. The molecule has 1 amide bonds. The van der Waals surface area contributed by atoms with E-state index in [1.165, 1.54) is 30.6 Å². The lowest BCUT2D eigenvalue weighted by atomic mass is 10.0. The van der Waals surface area contributed by atoms with Crippen LogP contribution < -0.4 is 16.0 Å². The zero-order valence-corrected chi connectivity index (χ0v) is 11.8. The lowest BCUT2D eigenvalue weighted by Gasteiger charge is -2.20. The number of nitrogens with one attached hydrogen (secondary N) is 1. The van der Waals surface area contributed by atoms with E-state index in [0.29, 0.717) is 10.6 Å². The van der Waals surface area contributed by atoms with Crippen LogP contribution in [-0.4, -0.2) is 26.0 Å². The second-order valence-electron chi connectivity index (χ2n) is 4.97. The Balaban J connectivity index is 2.15. The smallest absolute Gasteiger partial charge is 0.263 e. The molecule has 1 aliphatic rings. The van der Waals surface area contributed by atoms with E-state index in [9.17, 15) is 4.79 Å². The largest absolute Gasteiger partial charge is 0.397 e. The summed E-state index contributed by atoms with van der Waals surface area (Å²) in [6.07, 6.45) is 3.72. The topological polar surface area (TPSA) is 58.4 Å². The summed E-state index contributed by atoms with van der Waals surface area (Å²) in [6, 6.07) is 1.94. The molecule has 18 heavy (non-hydrogen) atoms. The maximum atomic E-state index is 11.7. The molecule has 1 unspecified atom stereocenters. The molecule has 1 saturated heterocycles. The van der Waals surface area contributed by atoms with Crippen molar-refractivity contribution in [3.63, 3.8) is 0 Å². The summed E-state index contributed by atoms with van der Waals surface area (Å²) in [5.41, 5.74) is 6.50. The standard InChI is InChI=1S/C13H21N3OS/c1-9-4-3-6-16(7-5-9)11-8-10(14)12(18-11)13(17)15-2/h8-9H,3-7,14H2,1-2H3,(H,15,17). The van der Waals surface area contributed by atoms with Crippen LogP contribution in [0.5, 0.6) is 0 Å². The fourth-order valence-corrected chi connectivity index (χ4v) is 3.40. The Morgan fingerprint density at radius 3 is 3.00 bits per heavy atom. The van der Waals surface area contributed by atoms with Gasteiger partial charge in [0.05, 0.1) is 10.7 Å². The van der Waals surface area contributed by atoms with Crippen molar-refractivity contribution in [3.05, 3.63) is 10.9 Å². The van der Waals surface area contributed by atoms with E-state index in [-0.39, 0.29) is 5.91 Å². The number of rotatable bonds is 2. The summed E-state index contributed by atoms with van der Waals surface area (Å²) in [4.78, 5) is 14.6. The Hall–Kier alpha value is -1.23. The van der Waals surface area contributed by atoms with Crippen LogP contribution in [-0.2, 0) is 0 Å². The molecule has 0 aliphatic carbocycles. The maximum Gasteiger partial charge on any atom is 0.263 e.